The highest BCUT2D eigenvalue weighted by Crippen LogP contribution is 2.42. The van der Waals surface area contributed by atoms with E-state index >= 15 is 0 Å². The lowest BCUT2D eigenvalue weighted by molar-refractivity contribution is 0.141. The van der Waals surface area contributed by atoms with Gasteiger partial charge >= 0.3 is 0 Å². The van der Waals surface area contributed by atoms with E-state index in [2.05, 4.69) is 38.1 Å². The summed E-state index contributed by atoms with van der Waals surface area (Å²) in [7, 11) is 0. The molecule has 0 aromatic heterocycles. The van der Waals surface area contributed by atoms with Crippen molar-refractivity contribution in [2.24, 2.45) is 23.7 Å². The molecule has 2 saturated carbocycles. The topological polar surface area (TPSA) is 0 Å². The third-order valence-corrected chi connectivity index (χ3v) is 8.08. The number of aryl methyl sites for hydroxylation is 2. The Morgan fingerprint density at radius 2 is 1.07 bits per heavy atom. The minimum absolute atomic E-state index is 0.997. The normalized spacial score (nSPS) is 28.4. The smallest absolute Gasteiger partial charge is 0.0276 e. The van der Waals surface area contributed by atoms with Crippen molar-refractivity contribution >= 4 is 0 Å². The summed E-state index contributed by atoms with van der Waals surface area (Å²) in [5, 5.41) is 0. The molecule has 158 valence electrons. The van der Waals surface area contributed by atoms with Crippen LogP contribution >= 0.6 is 0 Å². The molecule has 1 aromatic carbocycles. The second-order valence-corrected chi connectivity index (χ2v) is 10.2. The molecule has 28 heavy (non-hydrogen) atoms. The van der Waals surface area contributed by atoms with E-state index in [4.69, 9.17) is 0 Å². The predicted octanol–water partition coefficient (Wildman–Crippen LogP) is 8.76. The molecule has 0 amide bonds. The van der Waals surface area contributed by atoms with Gasteiger partial charge < -0.3 is 0 Å². The Labute approximate surface area is 175 Å². The van der Waals surface area contributed by atoms with Gasteiger partial charge in [-0.15, -0.1) is 0 Å². The van der Waals surface area contributed by atoms with Crippen LogP contribution in [0.15, 0.2) is 24.3 Å². The third-order valence-electron chi connectivity index (χ3n) is 8.08. The van der Waals surface area contributed by atoms with Crippen LogP contribution in [0.2, 0.25) is 0 Å². The van der Waals surface area contributed by atoms with E-state index in [9.17, 15) is 0 Å². The Morgan fingerprint density at radius 1 is 0.571 bits per heavy atom. The number of hydrogen-bond acceptors (Lipinski definition) is 0. The lowest BCUT2D eigenvalue weighted by atomic mass is 9.68. The Balaban J connectivity index is 1.32. The summed E-state index contributed by atoms with van der Waals surface area (Å²) >= 11 is 0. The van der Waals surface area contributed by atoms with E-state index in [1.807, 2.05) is 0 Å². The maximum Gasteiger partial charge on any atom is -0.0276 e. The SMILES string of the molecule is CCCCCc1ccc(CCC2CCC([C@H]3CC[C@H](CCC)CC3)CC2)cc1. The van der Waals surface area contributed by atoms with E-state index in [0.717, 1.165) is 23.7 Å². The molecule has 0 N–H and O–H groups in total. The standard InChI is InChI=1S/C28H46/c1-3-5-6-8-24-9-11-25(12-10-24)13-14-26-17-21-28(22-18-26)27-19-15-23(7-4-2)16-20-27/h9-12,23,26-28H,3-8,13-22H2,1-2H3/t23-,26?,27-,28?. The molecule has 0 heteroatoms. The Hall–Kier alpha value is -0.780. The minimum atomic E-state index is 0.997. The zero-order valence-electron chi connectivity index (χ0n) is 18.9. The summed E-state index contributed by atoms with van der Waals surface area (Å²) in [5.74, 6) is 4.21. The fourth-order valence-electron chi connectivity index (χ4n) is 6.13. The summed E-state index contributed by atoms with van der Waals surface area (Å²) in [5.41, 5.74) is 3.10. The lowest BCUT2D eigenvalue weighted by Crippen LogP contribution is -2.26. The summed E-state index contributed by atoms with van der Waals surface area (Å²) in [6.07, 6.45) is 23.1. The summed E-state index contributed by atoms with van der Waals surface area (Å²) < 4.78 is 0. The van der Waals surface area contributed by atoms with Crippen molar-refractivity contribution in [1.29, 1.82) is 0 Å². The molecule has 3 rings (SSSR count). The van der Waals surface area contributed by atoms with Gasteiger partial charge in [-0.3, -0.25) is 0 Å². The van der Waals surface area contributed by atoms with Gasteiger partial charge in [0.25, 0.3) is 0 Å². The van der Waals surface area contributed by atoms with Crippen LogP contribution in [-0.2, 0) is 12.8 Å². The lowest BCUT2D eigenvalue weighted by Gasteiger charge is -2.38. The van der Waals surface area contributed by atoms with E-state index < -0.39 is 0 Å². The van der Waals surface area contributed by atoms with Crippen molar-refractivity contribution in [3.05, 3.63) is 35.4 Å². The number of unbranched alkanes of at least 4 members (excludes halogenated alkanes) is 2. The van der Waals surface area contributed by atoms with Gasteiger partial charge in [-0.2, -0.15) is 0 Å². The second-order valence-electron chi connectivity index (χ2n) is 10.2. The van der Waals surface area contributed by atoms with E-state index in [-0.39, 0.29) is 0 Å². The van der Waals surface area contributed by atoms with Crippen molar-refractivity contribution < 1.29 is 0 Å². The highest BCUT2D eigenvalue weighted by atomic mass is 14.4. The van der Waals surface area contributed by atoms with Crippen LogP contribution in [0.1, 0.15) is 115 Å². The molecule has 0 saturated heterocycles. The van der Waals surface area contributed by atoms with E-state index in [1.165, 1.54) is 95.5 Å². The van der Waals surface area contributed by atoms with Gasteiger partial charge in [-0.25, -0.2) is 0 Å². The molecule has 0 nitrogen and oxygen atoms in total. The fourth-order valence-corrected chi connectivity index (χ4v) is 6.13. The number of benzene rings is 1. The van der Waals surface area contributed by atoms with Crippen molar-refractivity contribution in [2.45, 2.75) is 117 Å². The van der Waals surface area contributed by atoms with Crippen LogP contribution < -0.4 is 0 Å². The largest absolute Gasteiger partial charge is 0.0654 e. The average molecular weight is 383 g/mol. The summed E-state index contributed by atoms with van der Waals surface area (Å²) in [6, 6.07) is 9.58. The first-order chi connectivity index (χ1) is 13.8. The number of hydrogen-bond donors (Lipinski definition) is 0. The zero-order valence-corrected chi connectivity index (χ0v) is 18.9. The molecule has 0 unspecified atom stereocenters. The average Bonchev–Trinajstić information content (AvgIpc) is 2.75. The van der Waals surface area contributed by atoms with Gasteiger partial charge in [-0.1, -0.05) is 89.5 Å². The first kappa shape index (κ1) is 21.9. The van der Waals surface area contributed by atoms with E-state index in [0.29, 0.717) is 0 Å². The first-order valence-electron chi connectivity index (χ1n) is 12.9. The van der Waals surface area contributed by atoms with Crippen LogP contribution in [0, 0.1) is 23.7 Å². The summed E-state index contributed by atoms with van der Waals surface area (Å²) in [6.45, 7) is 4.64. The minimum Gasteiger partial charge on any atom is -0.0654 e. The highest BCUT2D eigenvalue weighted by Gasteiger charge is 2.30. The molecule has 2 aliphatic rings. The van der Waals surface area contributed by atoms with Gasteiger partial charge in [-0.05, 0) is 86.2 Å². The maximum atomic E-state index is 2.40. The van der Waals surface area contributed by atoms with Gasteiger partial charge in [0.05, 0.1) is 0 Å². The molecule has 0 radical (unpaired) electrons. The van der Waals surface area contributed by atoms with Gasteiger partial charge in [0.2, 0.25) is 0 Å². The van der Waals surface area contributed by atoms with E-state index in [1.54, 1.807) is 18.4 Å². The molecule has 1 aromatic rings. The van der Waals surface area contributed by atoms with Crippen LogP contribution in [0.25, 0.3) is 0 Å². The fraction of sp³-hybridized carbons (Fsp3) is 0.786. The molecule has 2 fully saturated rings. The monoisotopic (exact) mass is 382 g/mol. The number of rotatable bonds is 10. The molecular formula is C28H46. The van der Waals surface area contributed by atoms with Crippen molar-refractivity contribution in [1.82, 2.24) is 0 Å². The Morgan fingerprint density at radius 3 is 1.57 bits per heavy atom. The highest BCUT2D eigenvalue weighted by molar-refractivity contribution is 5.22. The molecule has 2 aliphatic carbocycles. The van der Waals surface area contributed by atoms with Gasteiger partial charge in [0.15, 0.2) is 0 Å². The molecule has 0 atom stereocenters. The quantitative estimate of drug-likeness (QED) is 0.355. The van der Waals surface area contributed by atoms with Crippen LogP contribution in [0.4, 0.5) is 0 Å². The second kappa shape index (κ2) is 12.0. The van der Waals surface area contributed by atoms with Crippen LogP contribution in [-0.4, -0.2) is 0 Å². The molecule has 0 spiro atoms. The van der Waals surface area contributed by atoms with Crippen molar-refractivity contribution in [3.63, 3.8) is 0 Å². The van der Waals surface area contributed by atoms with Crippen molar-refractivity contribution in [2.75, 3.05) is 0 Å². The first-order valence-corrected chi connectivity index (χ1v) is 12.9. The Kier molecular flexibility index (Phi) is 9.42. The van der Waals surface area contributed by atoms with Gasteiger partial charge in [0, 0.05) is 0 Å². The predicted molar refractivity (Wildman–Crippen MR) is 124 cm³/mol. The zero-order chi connectivity index (χ0) is 19.6. The molecule has 0 heterocycles. The summed E-state index contributed by atoms with van der Waals surface area (Å²) in [4.78, 5) is 0. The molecule has 0 aliphatic heterocycles. The third kappa shape index (κ3) is 6.93. The van der Waals surface area contributed by atoms with Crippen LogP contribution in [0.3, 0.4) is 0 Å². The molecule has 0 bridgehead atoms. The van der Waals surface area contributed by atoms with Crippen LogP contribution in [0.5, 0.6) is 0 Å². The van der Waals surface area contributed by atoms with Crippen molar-refractivity contribution in [3.8, 4) is 0 Å². The Bertz CT molecular complexity index is 511. The molecular weight excluding hydrogens is 336 g/mol. The maximum absolute atomic E-state index is 2.40. The van der Waals surface area contributed by atoms with Gasteiger partial charge in [0.1, 0.15) is 0 Å².